The van der Waals surface area contributed by atoms with Gasteiger partial charge in [0.05, 0.1) is 10.7 Å². The van der Waals surface area contributed by atoms with E-state index in [1.165, 1.54) is 11.8 Å². The van der Waals surface area contributed by atoms with Crippen molar-refractivity contribution in [2.75, 3.05) is 16.8 Å². The minimum absolute atomic E-state index is 0.134. The van der Waals surface area contributed by atoms with Gasteiger partial charge in [0.25, 0.3) is 0 Å². The monoisotopic (exact) mass is 378 g/mol. The Bertz CT molecular complexity index is 811. The lowest BCUT2D eigenvalue weighted by Gasteiger charge is -2.24. The number of halogens is 2. The maximum atomic E-state index is 12.5. The van der Waals surface area contributed by atoms with E-state index in [0.29, 0.717) is 21.4 Å². The van der Waals surface area contributed by atoms with Gasteiger partial charge in [-0.15, -0.1) is 0 Å². The number of nitrogens with zero attached hydrogens (tertiary/aromatic N) is 1. The molecule has 0 aliphatic rings. The van der Waals surface area contributed by atoms with Gasteiger partial charge in [-0.25, -0.2) is 0 Å². The molecule has 4 nitrogen and oxygen atoms in total. The number of anilines is 2. The second-order valence-corrected chi connectivity index (χ2v) is 6.79. The van der Waals surface area contributed by atoms with Gasteiger partial charge in [-0.3, -0.25) is 9.59 Å². The molecule has 2 rings (SSSR count). The first-order valence-corrected chi connectivity index (χ1v) is 8.56. The van der Waals surface area contributed by atoms with Crippen molar-refractivity contribution < 1.29 is 9.59 Å². The van der Waals surface area contributed by atoms with Gasteiger partial charge in [-0.05, 0) is 55.7 Å². The van der Waals surface area contributed by atoms with Crippen LogP contribution in [0.3, 0.4) is 0 Å². The summed E-state index contributed by atoms with van der Waals surface area (Å²) in [7, 11) is 0. The molecule has 0 fully saturated rings. The van der Waals surface area contributed by atoms with Crippen LogP contribution in [0.4, 0.5) is 11.4 Å². The average molecular weight is 379 g/mol. The predicted octanol–water partition coefficient (Wildman–Crippen LogP) is 4.91. The lowest BCUT2D eigenvalue weighted by atomic mass is 10.1. The molecule has 0 spiro atoms. The number of nitrogens with one attached hydrogen (secondary N) is 1. The van der Waals surface area contributed by atoms with Crippen LogP contribution in [-0.4, -0.2) is 18.4 Å². The Kier molecular flexibility index (Phi) is 6.09. The molecule has 0 bridgehead atoms. The van der Waals surface area contributed by atoms with Gasteiger partial charge in [-0.1, -0.05) is 35.3 Å². The fourth-order valence-electron chi connectivity index (χ4n) is 2.67. The molecule has 2 aromatic rings. The van der Waals surface area contributed by atoms with Gasteiger partial charge in [0.2, 0.25) is 11.8 Å². The largest absolute Gasteiger partial charge is 0.324 e. The molecule has 0 atom stereocenters. The molecule has 0 radical (unpaired) electrons. The highest BCUT2D eigenvalue weighted by molar-refractivity contribution is 6.34. The molecule has 25 heavy (non-hydrogen) atoms. The van der Waals surface area contributed by atoms with Crippen LogP contribution in [0.5, 0.6) is 0 Å². The van der Waals surface area contributed by atoms with E-state index in [9.17, 15) is 9.59 Å². The number of carbonyl (C=O) groups excluding carboxylic acids is 2. The van der Waals surface area contributed by atoms with Crippen LogP contribution < -0.4 is 10.2 Å². The SMILES string of the molecule is CC(=O)N(CC(=O)Nc1cccc(Cl)c1C)c1c(C)cc(C)cc1Cl. The van der Waals surface area contributed by atoms with Crippen molar-refractivity contribution >= 4 is 46.4 Å². The Morgan fingerprint density at radius 1 is 1.08 bits per heavy atom. The zero-order valence-corrected chi connectivity index (χ0v) is 16.1. The fourth-order valence-corrected chi connectivity index (χ4v) is 3.27. The van der Waals surface area contributed by atoms with Crippen molar-refractivity contribution in [1.29, 1.82) is 0 Å². The molecule has 1 N–H and O–H groups in total. The van der Waals surface area contributed by atoms with Crippen LogP contribution in [0.1, 0.15) is 23.6 Å². The van der Waals surface area contributed by atoms with Crippen LogP contribution in [0.2, 0.25) is 10.0 Å². The molecular formula is C19H20Cl2N2O2. The highest BCUT2D eigenvalue weighted by Crippen LogP contribution is 2.31. The van der Waals surface area contributed by atoms with Crippen LogP contribution in [0, 0.1) is 20.8 Å². The topological polar surface area (TPSA) is 49.4 Å². The highest BCUT2D eigenvalue weighted by Gasteiger charge is 2.21. The number of rotatable bonds is 4. The van der Waals surface area contributed by atoms with Gasteiger partial charge in [-0.2, -0.15) is 0 Å². The molecule has 0 aliphatic carbocycles. The Morgan fingerprint density at radius 2 is 1.76 bits per heavy atom. The van der Waals surface area contributed by atoms with Crippen LogP contribution in [0.25, 0.3) is 0 Å². The Hall–Kier alpha value is -2.04. The Balaban J connectivity index is 2.27. The molecule has 2 amide bonds. The Labute approximate surface area is 157 Å². The minimum atomic E-state index is -0.323. The summed E-state index contributed by atoms with van der Waals surface area (Å²) < 4.78 is 0. The minimum Gasteiger partial charge on any atom is -0.324 e. The van der Waals surface area contributed by atoms with Crippen molar-refractivity contribution in [2.45, 2.75) is 27.7 Å². The molecule has 2 aromatic carbocycles. The van der Waals surface area contributed by atoms with E-state index >= 15 is 0 Å². The third-order valence-electron chi connectivity index (χ3n) is 3.89. The summed E-state index contributed by atoms with van der Waals surface area (Å²) in [5.41, 5.74) is 3.78. The van der Waals surface area contributed by atoms with E-state index in [4.69, 9.17) is 23.2 Å². The Morgan fingerprint density at radius 3 is 2.36 bits per heavy atom. The van der Waals surface area contributed by atoms with E-state index < -0.39 is 0 Å². The number of hydrogen-bond donors (Lipinski definition) is 1. The second-order valence-electron chi connectivity index (χ2n) is 5.98. The van der Waals surface area contributed by atoms with Crippen molar-refractivity contribution in [3.8, 4) is 0 Å². The van der Waals surface area contributed by atoms with Gasteiger partial charge >= 0.3 is 0 Å². The maximum absolute atomic E-state index is 12.5. The highest BCUT2D eigenvalue weighted by atomic mass is 35.5. The lowest BCUT2D eigenvalue weighted by Crippen LogP contribution is -2.37. The molecular weight excluding hydrogens is 359 g/mol. The molecule has 0 aromatic heterocycles. The number of hydrogen-bond acceptors (Lipinski definition) is 2. The van der Waals surface area contributed by atoms with E-state index in [1.807, 2.05) is 26.8 Å². The molecule has 0 aliphatic heterocycles. The molecule has 6 heteroatoms. The predicted molar refractivity (Wildman–Crippen MR) is 104 cm³/mol. The van der Waals surface area contributed by atoms with Crippen LogP contribution in [-0.2, 0) is 9.59 Å². The second kappa shape index (κ2) is 7.89. The normalized spacial score (nSPS) is 10.5. The molecule has 0 heterocycles. The van der Waals surface area contributed by atoms with E-state index in [-0.39, 0.29) is 18.4 Å². The van der Waals surface area contributed by atoms with E-state index in [0.717, 1.165) is 16.7 Å². The first kappa shape index (κ1) is 19.3. The number of benzene rings is 2. The van der Waals surface area contributed by atoms with Crippen molar-refractivity contribution in [3.05, 3.63) is 57.1 Å². The zero-order chi connectivity index (χ0) is 18.7. The molecule has 0 unspecified atom stereocenters. The van der Waals surface area contributed by atoms with Gasteiger partial charge in [0, 0.05) is 17.6 Å². The van der Waals surface area contributed by atoms with Crippen LogP contribution in [0.15, 0.2) is 30.3 Å². The fraction of sp³-hybridized carbons (Fsp3) is 0.263. The van der Waals surface area contributed by atoms with Crippen molar-refractivity contribution in [1.82, 2.24) is 0 Å². The first-order chi connectivity index (χ1) is 11.7. The average Bonchev–Trinajstić information content (AvgIpc) is 2.49. The third-order valence-corrected chi connectivity index (χ3v) is 4.59. The summed E-state index contributed by atoms with van der Waals surface area (Å²) in [5.74, 6) is -0.580. The van der Waals surface area contributed by atoms with Crippen molar-refractivity contribution in [2.24, 2.45) is 0 Å². The first-order valence-electron chi connectivity index (χ1n) is 7.80. The standard InChI is InChI=1S/C19H20Cl2N2O2/c1-11-8-12(2)19(16(21)9-11)23(14(4)24)10-18(25)22-17-7-5-6-15(20)13(17)3/h5-9H,10H2,1-4H3,(H,22,25). The number of amides is 2. The maximum Gasteiger partial charge on any atom is 0.244 e. The van der Waals surface area contributed by atoms with E-state index in [1.54, 1.807) is 24.3 Å². The number of aryl methyl sites for hydroxylation is 2. The van der Waals surface area contributed by atoms with E-state index in [2.05, 4.69) is 5.32 Å². The zero-order valence-electron chi connectivity index (χ0n) is 14.6. The van der Waals surface area contributed by atoms with Gasteiger partial charge < -0.3 is 10.2 Å². The molecule has 132 valence electrons. The summed E-state index contributed by atoms with van der Waals surface area (Å²) in [4.78, 5) is 26.0. The summed E-state index contributed by atoms with van der Waals surface area (Å²) in [6, 6.07) is 8.98. The summed E-state index contributed by atoms with van der Waals surface area (Å²) >= 11 is 12.4. The molecule has 0 saturated carbocycles. The summed E-state index contributed by atoms with van der Waals surface area (Å²) in [6.07, 6.45) is 0. The molecule has 0 saturated heterocycles. The lowest BCUT2D eigenvalue weighted by molar-refractivity contribution is -0.120. The summed E-state index contributed by atoms with van der Waals surface area (Å²) in [6.45, 7) is 6.89. The smallest absolute Gasteiger partial charge is 0.244 e. The van der Waals surface area contributed by atoms with Gasteiger partial charge in [0.15, 0.2) is 0 Å². The van der Waals surface area contributed by atoms with Crippen LogP contribution >= 0.6 is 23.2 Å². The van der Waals surface area contributed by atoms with Gasteiger partial charge in [0.1, 0.15) is 6.54 Å². The number of carbonyl (C=O) groups is 2. The van der Waals surface area contributed by atoms with Crippen molar-refractivity contribution in [3.63, 3.8) is 0 Å². The quantitative estimate of drug-likeness (QED) is 0.821. The summed E-state index contributed by atoms with van der Waals surface area (Å²) in [5, 5.41) is 3.81. The third kappa shape index (κ3) is 4.53.